The van der Waals surface area contributed by atoms with E-state index in [-0.39, 0.29) is 10.8 Å². The summed E-state index contributed by atoms with van der Waals surface area (Å²) in [5.41, 5.74) is 4.30. The third kappa shape index (κ3) is 4.96. The van der Waals surface area contributed by atoms with Crippen LogP contribution in [-0.2, 0) is 21.2 Å². The van der Waals surface area contributed by atoms with Crippen molar-refractivity contribution < 1.29 is 13.2 Å². The molecule has 4 rings (SSSR count). The second kappa shape index (κ2) is 9.16. The molecular formula is C23H26N6O3S. The number of hydrogen-bond acceptors (Lipinski definition) is 7. The van der Waals surface area contributed by atoms with Gasteiger partial charge in [-0.15, -0.1) is 0 Å². The van der Waals surface area contributed by atoms with Crippen molar-refractivity contribution in [3.63, 3.8) is 0 Å². The topological polar surface area (TPSA) is 116 Å². The molecule has 0 atom stereocenters. The average Bonchev–Trinajstić information content (AvgIpc) is 2.79. The van der Waals surface area contributed by atoms with Gasteiger partial charge in [0.15, 0.2) is 0 Å². The highest BCUT2D eigenvalue weighted by Crippen LogP contribution is 2.31. The molecule has 0 fully saturated rings. The number of nitrogens with one attached hydrogen (secondary N) is 3. The quantitative estimate of drug-likeness (QED) is 0.488. The zero-order valence-corrected chi connectivity index (χ0v) is 19.5. The van der Waals surface area contributed by atoms with E-state index in [0.29, 0.717) is 36.8 Å². The van der Waals surface area contributed by atoms with Crippen molar-refractivity contribution in [3.05, 3.63) is 59.8 Å². The van der Waals surface area contributed by atoms with Crippen molar-refractivity contribution in [2.45, 2.75) is 31.6 Å². The smallest absolute Gasteiger partial charge is 0.240 e. The number of rotatable bonds is 7. The Balaban J connectivity index is 1.55. The van der Waals surface area contributed by atoms with E-state index in [1.54, 1.807) is 37.2 Å². The highest BCUT2D eigenvalue weighted by atomic mass is 32.2. The molecule has 0 saturated carbocycles. The highest BCUT2D eigenvalue weighted by Gasteiger charge is 2.21. The van der Waals surface area contributed by atoms with Crippen LogP contribution in [0.2, 0.25) is 0 Å². The third-order valence-corrected chi connectivity index (χ3v) is 6.94. The van der Waals surface area contributed by atoms with Gasteiger partial charge in [-0.25, -0.2) is 18.1 Å². The first-order valence-electron chi connectivity index (χ1n) is 10.6. The van der Waals surface area contributed by atoms with Gasteiger partial charge >= 0.3 is 0 Å². The first-order valence-corrected chi connectivity index (χ1v) is 12.1. The minimum Gasteiger partial charge on any atom is -0.340 e. The zero-order chi connectivity index (χ0) is 23.6. The molecular weight excluding hydrogens is 440 g/mol. The van der Waals surface area contributed by atoms with Crippen LogP contribution in [0.3, 0.4) is 0 Å². The number of sulfonamides is 1. The summed E-state index contributed by atoms with van der Waals surface area (Å²) < 4.78 is 27.0. The number of aryl methyl sites for hydroxylation is 2. The summed E-state index contributed by atoms with van der Waals surface area (Å²) in [6.45, 7) is 3.95. The number of carbonyl (C=O) groups is 1. The van der Waals surface area contributed by atoms with E-state index >= 15 is 0 Å². The van der Waals surface area contributed by atoms with E-state index < -0.39 is 10.0 Å². The molecule has 2 aromatic carbocycles. The number of fused-ring (bicyclic) bond motifs is 1. The molecule has 172 valence electrons. The Hall–Kier alpha value is -3.50. The normalized spacial score (nSPS) is 13.5. The van der Waals surface area contributed by atoms with Crippen LogP contribution in [0, 0.1) is 6.92 Å². The average molecular weight is 467 g/mol. The third-order valence-electron chi connectivity index (χ3n) is 5.39. The first-order chi connectivity index (χ1) is 15.8. The van der Waals surface area contributed by atoms with Crippen molar-refractivity contribution in [2.24, 2.45) is 0 Å². The minimum atomic E-state index is -3.56. The van der Waals surface area contributed by atoms with Crippen LogP contribution in [0.1, 0.15) is 24.5 Å². The van der Waals surface area contributed by atoms with Crippen molar-refractivity contribution >= 4 is 44.8 Å². The highest BCUT2D eigenvalue weighted by molar-refractivity contribution is 7.89. The Labute approximate surface area is 193 Å². The lowest BCUT2D eigenvalue weighted by molar-refractivity contribution is -0.118. The van der Waals surface area contributed by atoms with Gasteiger partial charge in [0.1, 0.15) is 5.82 Å². The van der Waals surface area contributed by atoms with Gasteiger partial charge in [0.05, 0.1) is 4.90 Å². The standard InChI is InChI=1S/C23H26N6O3S/c1-4-25-33(31,32)19-7-5-6-17(13-19)27-23-24-14-15(2)22(28-23)26-18-9-10-20-16(12-18)8-11-21(30)29(20)3/h5-7,9-10,12-14,25H,4,8,11H2,1-3H3,(H2,24,26,27,28). The maximum Gasteiger partial charge on any atom is 0.240 e. The predicted octanol–water partition coefficient (Wildman–Crippen LogP) is 3.48. The molecule has 3 N–H and O–H groups in total. The summed E-state index contributed by atoms with van der Waals surface area (Å²) in [4.78, 5) is 22.7. The lowest BCUT2D eigenvalue weighted by Gasteiger charge is -2.26. The van der Waals surface area contributed by atoms with E-state index in [9.17, 15) is 13.2 Å². The Kier molecular flexibility index (Phi) is 6.30. The molecule has 0 bridgehead atoms. The summed E-state index contributed by atoms with van der Waals surface area (Å²) >= 11 is 0. The summed E-state index contributed by atoms with van der Waals surface area (Å²) in [5.74, 6) is 1.08. The van der Waals surface area contributed by atoms with Crippen LogP contribution in [0.5, 0.6) is 0 Å². The van der Waals surface area contributed by atoms with Crippen LogP contribution in [0.15, 0.2) is 53.6 Å². The maximum atomic E-state index is 12.3. The van der Waals surface area contributed by atoms with Crippen LogP contribution in [0.4, 0.5) is 28.8 Å². The minimum absolute atomic E-state index is 0.118. The van der Waals surface area contributed by atoms with Gasteiger partial charge in [0.2, 0.25) is 21.9 Å². The molecule has 0 unspecified atom stereocenters. The SMILES string of the molecule is CCNS(=O)(=O)c1cccc(Nc2ncc(C)c(Nc3ccc4c(c3)CCC(=O)N4C)n2)c1. The summed E-state index contributed by atoms with van der Waals surface area (Å²) in [7, 11) is -1.77. The molecule has 9 nitrogen and oxygen atoms in total. The van der Waals surface area contributed by atoms with Gasteiger partial charge in [0, 0.05) is 48.8 Å². The number of carbonyl (C=O) groups excluding carboxylic acids is 1. The van der Waals surface area contributed by atoms with Gasteiger partial charge in [0.25, 0.3) is 0 Å². The summed E-state index contributed by atoms with van der Waals surface area (Å²) in [6, 6.07) is 12.4. The Morgan fingerprint density at radius 1 is 1.06 bits per heavy atom. The molecule has 0 aliphatic carbocycles. The van der Waals surface area contributed by atoms with E-state index in [2.05, 4.69) is 25.3 Å². The second-order valence-electron chi connectivity index (χ2n) is 7.80. The predicted molar refractivity (Wildman–Crippen MR) is 129 cm³/mol. The first kappa shape index (κ1) is 22.7. The van der Waals surface area contributed by atoms with Crippen molar-refractivity contribution in [2.75, 3.05) is 29.1 Å². The second-order valence-corrected chi connectivity index (χ2v) is 9.57. The van der Waals surface area contributed by atoms with Crippen LogP contribution in [-0.4, -0.2) is 37.9 Å². The Bertz CT molecular complexity index is 1310. The van der Waals surface area contributed by atoms with Crippen molar-refractivity contribution in [3.8, 4) is 0 Å². The molecule has 1 aromatic heterocycles. The van der Waals surface area contributed by atoms with Crippen molar-refractivity contribution in [1.82, 2.24) is 14.7 Å². The largest absolute Gasteiger partial charge is 0.340 e. The van der Waals surface area contributed by atoms with Crippen molar-refractivity contribution in [1.29, 1.82) is 0 Å². The lowest BCUT2D eigenvalue weighted by atomic mass is 10.0. The van der Waals surface area contributed by atoms with Gasteiger partial charge < -0.3 is 15.5 Å². The van der Waals surface area contributed by atoms with E-state index in [0.717, 1.165) is 22.5 Å². The monoisotopic (exact) mass is 466 g/mol. The Morgan fingerprint density at radius 3 is 2.64 bits per heavy atom. The number of anilines is 5. The molecule has 0 radical (unpaired) electrons. The Morgan fingerprint density at radius 2 is 1.85 bits per heavy atom. The van der Waals surface area contributed by atoms with Gasteiger partial charge in [-0.05, 0) is 55.3 Å². The molecule has 1 amide bonds. The molecule has 2 heterocycles. The lowest BCUT2D eigenvalue weighted by Crippen LogP contribution is -2.31. The van der Waals surface area contributed by atoms with E-state index in [1.165, 1.54) is 12.1 Å². The fraction of sp³-hybridized carbons (Fsp3) is 0.261. The molecule has 0 saturated heterocycles. The van der Waals surface area contributed by atoms with Gasteiger partial charge in [-0.3, -0.25) is 4.79 Å². The van der Waals surface area contributed by atoms with Crippen LogP contribution < -0.4 is 20.3 Å². The van der Waals surface area contributed by atoms with Gasteiger partial charge in [-0.2, -0.15) is 4.98 Å². The number of nitrogens with zero attached hydrogens (tertiary/aromatic N) is 3. The maximum absolute atomic E-state index is 12.3. The summed E-state index contributed by atoms with van der Waals surface area (Å²) in [6.07, 6.45) is 2.90. The molecule has 1 aliphatic rings. The summed E-state index contributed by atoms with van der Waals surface area (Å²) in [5, 5.41) is 6.40. The zero-order valence-electron chi connectivity index (χ0n) is 18.7. The number of amides is 1. The fourth-order valence-corrected chi connectivity index (χ4v) is 4.73. The van der Waals surface area contributed by atoms with Gasteiger partial charge in [-0.1, -0.05) is 13.0 Å². The fourth-order valence-electron chi connectivity index (χ4n) is 3.64. The van der Waals surface area contributed by atoms with E-state index in [1.807, 2.05) is 25.1 Å². The molecule has 3 aromatic rings. The van der Waals surface area contributed by atoms with Crippen LogP contribution >= 0.6 is 0 Å². The number of aromatic nitrogens is 2. The molecule has 1 aliphatic heterocycles. The van der Waals surface area contributed by atoms with E-state index in [4.69, 9.17) is 0 Å². The molecule has 10 heteroatoms. The number of benzene rings is 2. The number of hydrogen-bond donors (Lipinski definition) is 3. The van der Waals surface area contributed by atoms with Crippen LogP contribution in [0.25, 0.3) is 0 Å². The molecule has 0 spiro atoms. The molecule has 33 heavy (non-hydrogen) atoms.